The van der Waals surface area contributed by atoms with Crippen molar-refractivity contribution in [1.29, 1.82) is 0 Å². The quantitative estimate of drug-likeness (QED) is 0.743. The summed E-state index contributed by atoms with van der Waals surface area (Å²) < 4.78 is 12.4. The van der Waals surface area contributed by atoms with Gasteiger partial charge in [0.25, 0.3) is 5.91 Å². The average Bonchev–Trinajstić information content (AvgIpc) is 3.36. The molecule has 118 valence electrons. The molecule has 7 heteroatoms. The molecule has 0 spiro atoms. The summed E-state index contributed by atoms with van der Waals surface area (Å²) in [5, 5.41) is 8.16. The van der Waals surface area contributed by atoms with Crippen LogP contribution < -0.4 is 0 Å². The Balaban J connectivity index is 1.50. The van der Waals surface area contributed by atoms with E-state index in [1.807, 2.05) is 16.9 Å². The minimum Gasteiger partial charge on any atom is -0.461 e. The van der Waals surface area contributed by atoms with E-state index in [1.165, 1.54) is 0 Å². The topological polar surface area (TPSA) is 77.3 Å². The maximum Gasteiger partial charge on any atom is 0.276 e. The van der Waals surface area contributed by atoms with Gasteiger partial charge in [-0.2, -0.15) is 5.10 Å². The van der Waals surface area contributed by atoms with Crippen LogP contribution in [0.3, 0.4) is 0 Å². The van der Waals surface area contributed by atoms with Gasteiger partial charge in [0.1, 0.15) is 0 Å². The molecule has 0 aromatic carbocycles. The van der Waals surface area contributed by atoms with E-state index < -0.39 is 0 Å². The maximum atomic E-state index is 12.6. The Morgan fingerprint density at radius 1 is 1.30 bits per heavy atom. The largest absolute Gasteiger partial charge is 0.461 e. The van der Waals surface area contributed by atoms with E-state index in [2.05, 4.69) is 10.3 Å². The first kappa shape index (κ1) is 13.8. The van der Waals surface area contributed by atoms with Crippen molar-refractivity contribution in [3.8, 4) is 11.5 Å². The lowest BCUT2D eigenvalue weighted by Crippen LogP contribution is -2.41. The third-order valence-electron chi connectivity index (χ3n) is 4.08. The van der Waals surface area contributed by atoms with E-state index in [1.54, 1.807) is 35.6 Å². The van der Waals surface area contributed by atoms with Crippen LogP contribution in [0, 0.1) is 0 Å². The van der Waals surface area contributed by atoms with E-state index in [0.717, 1.165) is 19.4 Å². The summed E-state index contributed by atoms with van der Waals surface area (Å²) in [5.74, 6) is 0.895. The number of piperidine rings is 1. The summed E-state index contributed by atoms with van der Waals surface area (Å²) in [5.41, 5.74) is 0.303. The molecule has 0 bridgehead atoms. The Hall–Kier alpha value is -2.83. The van der Waals surface area contributed by atoms with Gasteiger partial charge in [0.2, 0.25) is 5.76 Å². The van der Waals surface area contributed by atoms with Crippen molar-refractivity contribution in [2.24, 2.45) is 0 Å². The molecule has 4 heterocycles. The van der Waals surface area contributed by atoms with Crippen molar-refractivity contribution in [3.05, 3.63) is 48.6 Å². The highest BCUT2D eigenvalue weighted by molar-refractivity contribution is 5.93. The minimum absolute atomic E-state index is 0.122. The molecular formula is C16H16N4O3. The van der Waals surface area contributed by atoms with E-state index in [9.17, 15) is 4.79 Å². The van der Waals surface area contributed by atoms with E-state index in [0.29, 0.717) is 23.8 Å². The first-order chi connectivity index (χ1) is 11.3. The SMILES string of the molecule is O=C(c1cc(-c2ccco2)on1)N1CCC[C@H](n2cccn2)C1. The molecule has 0 N–H and O–H groups in total. The zero-order valence-electron chi connectivity index (χ0n) is 12.5. The fourth-order valence-corrected chi connectivity index (χ4v) is 2.92. The standard InChI is InChI=1S/C16H16N4O3/c21-16(13-10-15(23-18-13)14-5-2-9-22-14)19-7-1-4-12(11-19)20-8-3-6-17-20/h2-3,5-6,8-10,12H,1,4,7,11H2/t12-/m0/s1. The number of carbonyl (C=O) groups excluding carboxylic acids is 1. The van der Waals surface area contributed by atoms with E-state index in [-0.39, 0.29) is 11.9 Å². The van der Waals surface area contributed by atoms with Crippen LogP contribution in [0.25, 0.3) is 11.5 Å². The fourth-order valence-electron chi connectivity index (χ4n) is 2.92. The monoisotopic (exact) mass is 312 g/mol. The van der Waals surface area contributed by atoms with Crippen molar-refractivity contribution >= 4 is 5.91 Å². The number of carbonyl (C=O) groups is 1. The Morgan fingerprint density at radius 3 is 3.04 bits per heavy atom. The molecule has 0 aliphatic carbocycles. The third kappa shape index (κ3) is 2.65. The molecule has 4 rings (SSSR count). The van der Waals surface area contributed by atoms with Gasteiger partial charge in [0, 0.05) is 31.5 Å². The summed E-state index contributed by atoms with van der Waals surface area (Å²) in [6.07, 6.45) is 7.21. The van der Waals surface area contributed by atoms with Crippen LogP contribution in [0.15, 0.2) is 51.9 Å². The molecule has 3 aromatic rings. The van der Waals surface area contributed by atoms with Crippen molar-refractivity contribution in [2.45, 2.75) is 18.9 Å². The highest BCUT2D eigenvalue weighted by atomic mass is 16.5. The van der Waals surface area contributed by atoms with Crippen molar-refractivity contribution in [2.75, 3.05) is 13.1 Å². The van der Waals surface area contributed by atoms with Gasteiger partial charge in [-0.05, 0) is 31.0 Å². The number of likely N-dealkylation sites (tertiary alicyclic amines) is 1. The first-order valence-electron chi connectivity index (χ1n) is 7.60. The smallest absolute Gasteiger partial charge is 0.276 e. The summed E-state index contributed by atoms with van der Waals surface area (Å²) >= 11 is 0. The molecule has 0 saturated carbocycles. The highest BCUT2D eigenvalue weighted by Crippen LogP contribution is 2.24. The molecule has 0 unspecified atom stereocenters. The minimum atomic E-state index is -0.122. The summed E-state index contributed by atoms with van der Waals surface area (Å²) in [6, 6.07) is 7.26. The molecule has 1 atom stereocenters. The van der Waals surface area contributed by atoms with Crippen molar-refractivity contribution < 1.29 is 13.7 Å². The van der Waals surface area contributed by atoms with Gasteiger partial charge in [-0.25, -0.2) is 0 Å². The lowest BCUT2D eigenvalue weighted by molar-refractivity contribution is 0.0662. The Bertz CT molecular complexity index is 776. The highest BCUT2D eigenvalue weighted by Gasteiger charge is 2.27. The first-order valence-corrected chi connectivity index (χ1v) is 7.60. The van der Waals surface area contributed by atoms with Crippen LogP contribution in [-0.2, 0) is 0 Å². The van der Waals surface area contributed by atoms with Gasteiger partial charge >= 0.3 is 0 Å². The molecular weight excluding hydrogens is 296 g/mol. The number of nitrogens with zero attached hydrogens (tertiary/aromatic N) is 4. The van der Waals surface area contributed by atoms with Crippen LogP contribution in [0.4, 0.5) is 0 Å². The van der Waals surface area contributed by atoms with E-state index in [4.69, 9.17) is 8.94 Å². The molecule has 1 saturated heterocycles. The second-order valence-electron chi connectivity index (χ2n) is 5.59. The Labute approximate surface area is 132 Å². The molecule has 3 aromatic heterocycles. The van der Waals surface area contributed by atoms with Crippen LogP contribution >= 0.6 is 0 Å². The average molecular weight is 312 g/mol. The van der Waals surface area contributed by atoms with Gasteiger partial charge in [0.15, 0.2) is 11.5 Å². The molecule has 1 aliphatic heterocycles. The Morgan fingerprint density at radius 2 is 2.26 bits per heavy atom. The number of amides is 1. The Kier molecular flexibility index (Phi) is 3.45. The van der Waals surface area contributed by atoms with Gasteiger partial charge < -0.3 is 13.8 Å². The number of aromatic nitrogens is 3. The van der Waals surface area contributed by atoms with Gasteiger partial charge in [-0.3, -0.25) is 9.48 Å². The second-order valence-corrected chi connectivity index (χ2v) is 5.59. The summed E-state index contributed by atoms with van der Waals surface area (Å²) in [6.45, 7) is 1.35. The summed E-state index contributed by atoms with van der Waals surface area (Å²) in [4.78, 5) is 14.4. The predicted octanol–water partition coefficient (Wildman–Crippen LogP) is 2.61. The van der Waals surface area contributed by atoms with Crippen LogP contribution in [-0.4, -0.2) is 38.8 Å². The predicted molar refractivity (Wildman–Crippen MR) is 80.6 cm³/mol. The number of hydrogen-bond acceptors (Lipinski definition) is 5. The molecule has 1 aliphatic rings. The van der Waals surface area contributed by atoms with Gasteiger partial charge in [0.05, 0.1) is 12.3 Å². The molecule has 7 nitrogen and oxygen atoms in total. The van der Waals surface area contributed by atoms with E-state index >= 15 is 0 Å². The molecule has 1 fully saturated rings. The lowest BCUT2D eigenvalue weighted by Gasteiger charge is -2.32. The maximum absolute atomic E-state index is 12.6. The van der Waals surface area contributed by atoms with Gasteiger partial charge in [-0.15, -0.1) is 0 Å². The molecule has 1 amide bonds. The summed E-state index contributed by atoms with van der Waals surface area (Å²) in [7, 11) is 0. The zero-order valence-corrected chi connectivity index (χ0v) is 12.5. The molecule has 23 heavy (non-hydrogen) atoms. The normalized spacial score (nSPS) is 18.3. The van der Waals surface area contributed by atoms with Gasteiger partial charge in [-0.1, -0.05) is 5.16 Å². The lowest BCUT2D eigenvalue weighted by atomic mass is 10.1. The van der Waals surface area contributed by atoms with Crippen molar-refractivity contribution in [3.63, 3.8) is 0 Å². The van der Waals surface area contributed by atoms with Crippen LogP contribution in [0.1, 0.15) is 29.4 Å². The second kappa shape index (κ2) is 5.75. The zero-order chi connectivity index (χ0) is 15.6. The fraction of sp³-hybridized carbons (Fsp3) is 0.312. The number of furan rings is 1. The van der Waals surface area contributed by atoms with Crippen molar-refractivity contribution in [1.82, 2.24) is 19.8 Å². The van der Waals surface area contributed by atoms with Crippen LogP contribution in [0.5, 0.6) is 0 Å². The molecule has 0 radical (unpaired) electrons. The number of hydrogen-bond donors (Lipinski definition) is 0. The third-order valence-corrected chi connectivity index (χ3v) is 4.08. The number of rotatable bonds is 3. The van der Waals surface area contributed by atoms with Crippen LogP contribution in [0.2, 0.25) is 0 Å².